The number of anilines is 1. The first-order valence-electron chi connectivity index (χ1n) is 7.89. The molecule has 1 N–H and O–H groups in total. The number of hydrogen-bond acceptors (Lipinski definition) is 4. The Morgan fingerprint density at radius 3 is 2.55 bits per heavy atom. The van der Waals surface area contributed by atoms with E-state index in [2.05, 4.69) is 35.2 Å². The van der Waals surface area contributed by atoms with Gasteiger partial charge in [-0.1, -0.05) is 26.0 Å². The normalized spacial score (nSPS) is 15.4. The highest BCUT2D eigenvalue weighted by Crippen LogP contribution is 2.32. The average molecular weight is 300 g/mol. The molecule has 22 heavy (non-hydrogen) atoms. The molecule has 5 heteroatoms. The SMILES string of the molecule is COc1ccccc1-n1ncc(N2CCNCC2)c1C(C)C. The predicted molar refractivity (Wildman–Crippen MR) is 89.3 cm³/mol. The maximum atomic E-state index is 5.50. The Kier molecular flexibility index (Phi) is 4.34. The molecule has 0 saturated carbocycles. The number of methoxy groups -OCH3 is 1. The first kappa shape index (κ1) is 14.9. The van der Waals surface area contributed by atoms with Crippen LogP contribution in [-0.2, 0) is 0 Å². The van der Waals surface area contributed by atoms with Gasteiger partial charge in [-0.05, 0) is 18.1 Å². The predicted octanol–water partition coefficient (Wildman–Crippen LogP) is 2.41. The van der Waals surface area contributed by atoms with E-state index in [1.165, 1.54) is 11.4 Å². The summed E-state index contributed by atoms with van der Waals surface area (Å²) in [6.07, 6.45) is 1.99. The number of rotatable bonds is 4. The van der Waals surface area contributed by atoms with E-state index >= 15 is 0 Å². The number of nitrogens with one attached hydrogen (secondary N) is 1. The minimum Gasteiger partial charge on any atom is -0.494 e. The van der Waals surface area contributed by atoms with Crippen LogP contribution in [0.4, 0.5) is 5.69 Å². The highest BCUT2D eigenvalue weighted by Gasteiger charge is 2.22. The van der Waals surface area contributed by atoms with Gasteiger partial charge in [-0.3, -0.25) is 0 Å². The minimum atomic E-state index is 0.386. The van der Waals surface area contributed by atoms with Gasteiger partial charge in [0.2, 0.25) is 0 Å². The molecule has 1 aromatic carbocycles. The molecular formula is C17H24N4O. The van der Waals surface area contributed by atoms with Gasteiger partial charge in [-0.2, -0.15) is 5.10 Å². The van der Waals surface area contributed by atoms with Crippen LogP contribution < -0.4 is 15.0 Å². The van der Waals surface area contributed by atoms with Crippen molar-refractivity contribution >= 4 is 5.69 Å². The standard InChI is InChI=1S/C17H24N4O/c1-13(2)17-15(20-10-8-18-9-11-20)12-19-21(17)14-6-4-5-7-16(14)22-3/h4-7,12-13,18H,8-11H2,1-3H3. The molecule has 2 heterocycles. The van der Waals surface area contributed by atoms with E-state index in [9.17, 15) is 0 Å². The maximum absolute atomic E-state index is 5.50. The second kappa shape index (κ2) is 6.40. The Balaban J connectivity index is 2.06. The second-order valence-electron chi connectivity index (χ2n) is 5.89. The van der Waals surface area contributed by atoms with Gasteiger partial charge in [0.15, 0.2) is 0 Å². The van der Waals surface area contributed by atoms with Gasteiger partial charge in [0.05, 0.1) is 24.7 Å². The Morgan fingerprint density at radius 2 is 1.86 bits per heavy atom. The van der Waals surface area contributed by atoms with Crippen molar-refractivity contribution in [3.8, 4) is 11.4 Å². The summed E-state index contributed by atoms with van der Waals surface area (Å²) in [4.78, 5) is 2.42. The third kappa shape index (κ3) is 2.68. The third-order valence-corrected chi connectivity index (χ3v) is 4.10. The number of ether oxygens (including phenoxy) is 1. The van der Waals surface area contributed by atoms with Crippen LogP contribution in [0.5, 0.6) is 5.75 Å². The van der Waals surface area contributed by atoms with Crippen molar-refractivity contribution in [1.29, 1.82) is 0 Å². The van der Waals surface area contributed by atoms with Crippen molar-refractivity contribution in [2.45, 2.75) is 19.8 Å². The number of nitrogens with zero attached hydrogens (tertiary/aromatic N) is 3. The number of piperazine rings is 1. The minimum absolute atomic E-state index is 0.386. The van der Waals surface area contributed by atoms with Crippen LogP contribution in [0.25, 0.3) is 5.69 Å². The first-order valence-corrected chi connectivity index (χ1v) is 7.89. The summed E-state index contributed by atoms with van der Waals surface area (Å²) in [5.74, 6) is 1.23. The Morgan fingerprint density at radius 1 is 1.14 bits per heavy atom. The van der Waals surface area contributed by atoms with Crippen LogP contribution >= 0.6 is 0 Å². The third-order valence-electron chi connectivity index (χ3n) is 4.10. The highest BCUT2D eigenvalue weighted by molar-refractivity contribution is 5.56. The van der Waals surface area contributed by atoms with E-state index in [1.54, 1.807) is 7.11 Å². The van der Waals surface area contributed by atoms with Crippen molar-refractivity contribution in [3.63, 3.8) is 0 Å². The summed E-state index contributed by atoms with van der Waals surface area (Å²) >= 11 is 0. The number of para-hydroxylation sites is 2. The average Bonchev–Trinajstić information content (AvgIpc) is 3.00. The summed E-state index contributed by atoms with van der Waals surface area (Å²) in [5, 5.41) is 8.07. The largest absolute Gasteiger partial charge is 0.494 e. The molecule has 0 atom stereocenters. The molecule has 1 aromatic heterocycles. The smallest absolute Gasteiger partial charge is 0.144 e. The van der Waals surface area contributed by atoms with Crippen molar-refractivity contribution in [2.24, 2.45) is 0 Å². The van der Waals surface area contributed by atoms with Crippen molar-refractivity contribution in [1.82, 2.24) is 15.1 Å². The molecule has 118 valence electrons. The lowest BCUT2D eigenvalue weighted by Gasteiger charge is -2.30. The summed E-state index contributed by atoms with van der Waals surface area (Å²) in [6, 6.07) is 8.04. The molecule has 1 aliphatic heterocycles. The molecule has 1 aliphatic rings. The van der Waals surface area contributed by atoms with E-state index in [4.69, 9.17) is 4.74 Å². The zero-order valence-corrected chi connectivity index (χ0v) is 13.5. The molecule has 1 saturated heterocycles. The van der Waals surface area contributed by atoms with Crippen LogP contribution in [0.15, 0.2) is 30.5 Å². The van der Waals surface area contributed by atoms with Crippen molar-refractivity contribution < 1.29 is 4.74 Å². The zero-order valence-electron chi connectivity index (χ0n) is 13.5. The van der Waals surface area contributed by atoms with Crippen LogP contribution in [-0.4, -0.2) is 43.1 Å². The van der Waals surface area contributed by atoms with Gasteiger partial charge in [0.25, 0.3) is 0 Å². The molecule has 0 spiro atoms. The molecule has 0 unspecified atom stereocenters. The maximum Gasteiger partial charge on any atom is 0.144 e. The molecule has 2 aromatic rings. The van der Waals surface area contributed by atoms with Crippen molar-refractivity contribution in [3.05, 3.63) is 36.2 Å². The van der Waals surface area contributed by atoms with E-state index in [1.807, 2.05) is 29.1 Å². The Bertz CT molecular complexity index is 629. The summed E-state index contributed by atoms with van der Waals surface area (Å²) in [5.41, 5.74) is 3.48. The fourth-order valence-electron chi connectivity index (χ4n) is 3.04. The Hall–Kier alpha value is -2.01. The quantitative estimate of drug-likeness (QED) is 0.941. The van der Waals surface area contributed by atoms with Gasteiger partial charge in [-0.15, -0.1) is 0 Å². The summed E-state index contributed by atoms with van der Waals surface area (Å²) in [6.45, 7) is 8.53. The highest BCUT2D eigenvalue weighted by atomic mass is 16.5. The fraction of sp³-hybridized carbons (Fsp3) is 0.471. The van der Waals surface area contributed by atoms with E-state index in [0.717, 1.165) is 37.6 Å². The van der Waals surface area contributed by atoms with Gasteiger partial charge in [-0.25, -0.2) is 4.68 Å². The monoisotopic (exact) mass is 300 g/mol. The summed E-state index contributed by atoms with van der Waals surface area (Å²) in [7, 11) is 1.70. The Labute approximate surface area is 131 Å². The lowest BCUT2D eigenvalue weighted by Crippen LogP contribution is -2.43. The summed E-state index contributed by atoms with van der Waals surface area (Å²) < 4.78 is 7.53. The molecule has 0 aliphatic carbocycles. The number of aromatic nitrogens is 2. The lowest BCUT2D eigenvalue weighted by molar-refractivity contribution is 0.411. The van der Waals surface area contributed by atoms with Crippen LogP contribution in [0.1, 0.15) is 25.5 Å². The topological polar surface area (TPSA) is 42.3 Å². The van der Waals surface area contributed by atoms with Crippen molar-refractivity contribution in [2.75, 3.05) is 38.2 Å². The molecule has 0 radical (unpaired) electrons. The molecule has 1 fully saturated rings. The lowest BCUT2D eigenvalue weighted by atomic mass is 10.1. The van der Waals surface area contributed by atoms with Gasteiger partial charge >= 0.3 is 0 Å². The number of hydrogen-bond donors (Lipinski definition) is 1. The first-order chi connectivity index (χ1) is 10.7. The van der Waals surface area contributed by atoms with Gasteiger partial charge in [0, 0.05) is 26.2 Å². The van der Waals surface area contributed by atoms with Crippen LogP contribution in [0, 0.1) is 0 Å². The molecule has 0 amide bonds. The molecule has 0 bridgehead atoms. The van der Waals surface area contributed by atoms with Crippen LogP contribution in [0.3, 0.4) is 0 Å². The molecule has 5 nitrogen and oxygen atoms in total. The van der Waals surface area contributed by atoms with Crippen LogP contribution in [0.2, 0.25) is 0 Å². The van der Waals surface area contributed by atoms with E-state index in [-0.39, 0.29) is 0 Å². The van der Waals surface area contributed by atoms with Gasteiger partial charge in [0.1, 0.15) is 11.4 Å². The molecular weight excluding hydrogens is 276 g/mol. The second-order valence-corrected chi connectivity index (χ2v) is 5.89. The zero-order chi connectivity index (χ0) is 15.5. The van der Waals surface area contributed by atoms with E-state index < -0.39 is 0 Å². The fourth-order valence-corrected chi connectivity index (χ4v) is 3.04. The molecule has 3 rings (SSSR count). The number of benzene rings is 1. The van der Waals surface area contributed by atoms with E-state index in [0.29, 0.717) is 5.92 Å². The van der Waals surface area contributed by atoms with Gasteiger partial charge < -0.3 is 15.0 Å².